The summed E-state index contributed by atoms with van der Waals surface area (Å²) in [6.07, 6.45) is 1.47. The maximum atomic E-state index is 13.5. The highest BCUT2D eigenvalue weighted by Crippen LogP contribution is 2.33. The lowest BCUT2D eigenvalue weighted by Crippen LogP contribution is -2.29. The summed E-state index contributed by atoms with van der Waals surface area (Å²) >= 11 is 1.19. The monoisotopic (exact) mass is 519 g/mol. The summed E-state index contributed by atoms with van der Waals surface area (Å²) in [5.41, 5.74) is 1.19. The van der Waals surface area contributed by atoms with Crippen LogP contribution in [0.1, 0.15) is 29.0 Å². The average molecular weight is 519 g/mol. The van der Waals surface area contributed by atoms with E-state index in [4.69, 9.17) is 9.15 Å². The first kappa shape index (κ1) is 23.8. The molecule has 2 aromatic heterocycles. The predicted molar refractivity (Wildman–Crippen MR) is 134 cm³/mol. The van der Waals surface area contributed by atoms with Crippen molar-refractivity contribution in [3.05, 3.63) is 76.0 Å². The van der Waals surface area contributed by atoms with Crippen molar-refractivity contribution in [2.24, 2.45) is 5.10 Å². The number of furan rings is 1. The van der Waals surface area contributed by atoms with Crippen molar-refractivity contribution in [2.45, 2.75) is 12.8 Å². The number of thiazole rings is 1. The zero-order valence-electron chi connectivity index (χ0n) is 19.2. The molecule has 1 fully saturated rings. The standard InChI is InChI=1S/C24H17N5O7S/c1-35-16-6-8-18-19(12-16)37-24(26-18)28(25-13-17-7-11-22(36-17)29(33)34)23(32)14-2-4-15(5-3-14)27-20(30)9-10-21(27)31/h2-8,11-13H,9-10H2,1H3/b25-13+. The Balaban J connectivity index is 1.50. The van der Waals surface area contributed by atoms with Crippen LogP contribution in [0.5, 0.6) is 5.75 Å². The second-order valence-corrected chi connectivity index (χ2v) is 8.80. The number of anilines is 2. The molecule has 1 saturated heterocycles. The Hall–Kier alpha value is -4.91. The van der Waals surface area contributed by atoms with Gasteiger partial charge in [0.15, 0.2) is 5.76 Å². The molecule has 4 aromatic rings. The Labute approximate surface area is 212 Å². The number of hydrogen-bond donors (Lipinski definition) is 0. The van der Waals surface area contributed by atoms with Crippen LogP contribution in [0.3, 0.4) is 0 Å². The lowest BCUT2D eigenvalue weighted by Gasteiger charge is -2.16. The van der Waals surface area contributed by atoms with Gasteiger partial charge in [-0.3, -0.25) is 29.4 Å². The number of nitro groups is 1. The maximum absolute atomic E-state index is 13.5. The first-order valence-corrected chi connectivity index (χ1v) is 11.7. The number of ether oxygens (including phenoxy) is 1. The van der Waals surface area contributed by atoms with E-state index in [-0.39, 0.29) is 41.1 Å². The zero-order valence-corrected chi connectivity index (χ0v) is 20.0. The number of amides is 3. The fourth-order valence-corrected chi connectivity index (χ4v) is 4.61. The van der Waals surface area contributed by atoms with Crippen LogP contribution >= 0.6 is 11.3 Å². The molecule has 0 N–H and O–H groups in total. The van der Waals surface area contributed by atoms with Crippen molar-refractivity contribution < 1.29 is 28.5 Å². The predicted octanol–water partition coefficient (Wildman–Crippen LogP) is 4.14. The molecule has 13 heteroatoms. The first-order chi connectivity index (χ1) is 17.8. The SMILES string of the molecule is COc1ccc2nc(N(/N=C/c3ccc([N+](=O)[O-])o3)C(=O)c3ccc(N4C(=O)CCC4=O)cc3)sc2c1. The van der Waals surface area contributed by atoms with Gasteiger partial charge in [-0.2, -0.15) is 10.1 Å². The third-order valence-electron chi connectivity index (χ3n) is 5.47. The number of aromatic nitrogens is 1. The van der Waals surface area contributed by atoms with Gasteiger partial charge in [0.2, 0.25) is 16.9 Å². The summed E-state index contributed by atoms with van der Waals surface area (Å²) < 4.78 is 11.1. The lowest BCUT2D eigenvalue weighted by molar-refractivity contribution is -0.402. The number of imide groups is 1. The number of carbonyl (C=O) groups excluding carboxylic acids is 3. The van der Waals surface area contributed by atoms with Crippen molar-refractivity contribution in [1.82, 2.24) is 4.98 Å². The quantitative estimate of drug-likeness (QED) is 0.153. The molecule has 3 heterocycles. The van der Waals surface area contributed by atoms with E-state index in [0.29, 0.717) is 17.0 Å². The van der Waals surface area contributed by atoms with Crippen molar-refractivity contribution in [2.75, 3.05) is 17.0 Å². The number of benzene rings is 2. The molecule has 0 bridgehead atoms. The van der Waals surface area contributed by atoms with Gasteiger partial charge in [-0.05, 0) is 48.5 Å². The van der Waals surface area contributed by atoms with Gasteiger partial charge in [0.25, 0.3) is 5.91 Å². The molecule has 0 aliphatic carbocycles. The molecule has 12 nitrogen and oxygen atoms in total. The van der Waals surface area contributed by atoms with Crippen LogP contribution in [0, 0.1) is 10.1 Å². The molecule has 3 amide bonds. The Morgan fingerprint density at radius 1 is 1.16 bits per heavy atom. The van der Waals surface area contributed by atoms with Gasteiger partial charge >= 0.3 is 5.88 Å². The number of hydrazone groups is 1. The van der Waals surface area contributed by atoms with Crippen molar-refractivity contribution in [3.63, 3.8) is 0 Å². The third-order valence-corrected chi connectivity index (χ3v) is 6.47. The van der Waals surface area contributed by atoms with Crippen LogP contribution in [-0.4, -0.2) is 41.0 Å². The summed E-state index contributed by atoms with van der Waals surface area (Å²) in [7, 11) is 1.54. The fraction of sp³-hybridized carbons (Fsp3) is 0.125. The lowest BCUT2D eigenvalue weighted by atomic mass is 10.2. The zero-order chi connectivity index (χ0) is 26.1. The molecule has 2 aromatic carbocycles. The number of carbonyl (C=O) groups is 3. The Morgan fingerprint density at radius 2 is 1.89 bits per heavy atom. The van der Waals surface area contributed by atoms with Crippen LogP contribution in [0.4, 0.5) is 16.7 Å². The van der Waals surface area contributed by atoms with E-state index >= 15 is 0 Å². The van der Waals surface area contributed by atoms with E-state index in [1.807, 2.05) is 0 Å². The normalized spacial score (nSPS) is 13.6. The largest absolute Gasteiger partial charge is 0.497 e. The van der Waals surface area contributed by atoms with Gasteiger partial charge in [-0.1, -0.05) is 11.3 Å². The van der Waals surface area contributed by atoms with Crippen LogP contribution in [0.15, 0.2) is 64.1 Å². The van der Waals surface area contributed by atoms with E-state index < -0.39 is 16.7 Å². The van der Waals surface area contributed by atoms with Crippen molar-refractivity contribution in [1.29, 1.82) is 0 Å². The molecule has 37 heavy (non-hydrogen) atoms. The van der Waals surface area contributed by atoms with Gasteiger partial charge < -0.3 is 9.15 Å². The van der Waals surface area contributed by atoms with E-state index in [1.165, 1.54) is 53.9 Å². The average Bonchev–Trinajstić information content (AvgIpc) is 3.62. The molecular formula is C24H17N5O7S. The first-order valence-electron chi connectivity index (χ1n) is 10.9. The van der Waals surface area contributed by atoms with Crippen molar-refractivity contribution in [3.8, 4) is 5.75 Å². The summed E-state index contributed by atoms with van der Waals surface area (Å²) in [6, 6.07) is 13.8. The van der Waals surface area contributed by atoms with Gasteiger partial charge in [0.05, 0.1) is 35.3 Å². The van der Waals surface area contributed by atoms with E-state index in [9.17, 15) is 24.5 Å². The highest BCUT2D eigenvalue weighted by Gasteiger charge is 2.30. The van der Waals surface area contributed by atoms with Gasteiger partial charge in [0.1, 0.15) is 10.7 Å². The molecular weight excluding hydrogens is 502 g/mol. The Bertz CT molecular complexity index is 1560. The molecule has 1 aliphatic rings. The van der Waals surface area contributed by atoms with Crippen LogP contribution in [-0.2, 0) is 9.59 Å². The maximum Gasteiger partial charge on any atom is 0.433 e. The Kier molecular flexibility index (Phi) is 6.19. The van der Waals surface area contributed by atoms with Gasteiger partial charge in [-0.15, -0.1) is 0 Å². The van der Waals surface area contributed by atoms with Gasteiger partial charge in [-0.25, -0.2) is 4.98 Å². The molecule has 1 aliphatic heterocycles. The van der Waals surface area contributed by atoms with Crippen LogP contribution in [0.2, 0.25) is 0 Å². The number of nitrogens with zero attached hydrogens (tertiary/aromatic N) is 5. The molecule has 0 unspecified atom stereocenters. The molecule has 186 valence electrons. The molecule has 0 spiro atoms. The highest BCUT2D eigenvalue weighted by atomic mass is 32.1. The second kappa shape index (κ2) is 9.62. The van der Waals surface area contributed by atoms with E-state index in [0.717, 1.165) is 14.6 Å². The minimum Gasteiger partial charge on any atom is -0.497 e. The minimum absolute atomic E-state index is 0.0636. The fourth-order valence-electron chi connectivity index (χ4n) is 3.66. The molecule has 0 radical (unpaired) electrons. The van der Waals surface area contributed by atoms with Gasteiger partial charge in [0, 0.05) is 18.4 Å². The Morgan fingerprint density at radius 3 is 2.54 bits per heavy atom. The van der Waals surface area contributed by atoms with Crippen LogP contribution < -0.4 is 14.6 Å². The number of methoxy groups -OCH3 is 1. The number of fused-ring (bicyclic) bond motifs is 1. The van der Waals surface area contributed by atoms with Crippen LogP contribution in [0.25, 0.3) is 10.2 Å². The topological polar surface area (TPSA) is 148 Å². The smallest absolute Gasteiger partial charge is 0.433 e. The second-order valence-electron chi connectivity index (χ2n) is 7.79. The third kappa shape index (κ3) is 4.67. The summed E-state index contributed by atoms with van der Waals surface area (Å²) in [4.78, 5) is 53.4. The number of rotatable bonds is 7. The van der Waals surface area contributed by atoms with E-state index in [2.05, 4.69) is 10.1 Å². The summed E-state index contributed by atoms with van der Waals surface area (Å²) in [5, 5.41) is 16.4. The summed E-state index contributed by atoms with van der Waals surface area (Å²) in [6.45, 7) is 0. The minimum atomic E-state index is -0.682. The van der Waals surface area contributed by atoms with E-state index in [1.54, 1.807) is 25.3 Å². The molecule has 0 saturated carbocycles. The van der Waals surface area contributed by atoms with Crippen molar-refractivity contribution >= 4 is 62.2 Å². The molecule has 5 rings (SSSR count). The summed E-state index contributed by atoms with van der Waals surface area (Å²) in [5.74, 6) is -0.940. The molecule has 0 atom stereocenters. The number of hydrogen-bond acceptors (Lipinski definition) is 10. The highest BCUT2D eigenvalue weighted by molar-refractivity contribution is 7.22.